The van der Waals surface area contributed by atoms with Crippen LogP contribution in [0.5, 0.6) is 0 Å². The number of thioether (sulfide) groups is 1. The molecule has 2 bridgehead atoms. The molecule has 0 heterocycles. The first-order valence-corrected chi connectivity index (χ1v) is 21.5. The molecule has 3 fully saturated rings. The summed E-state index contributed by atoms with van der Waals surface area (Å²) >= 11 is 1.35. The largest absolute Gasteiger partial charge is 0.461 e. The van der Waals surface area contributed by atoms with Crippen molar-refractivity contribution in [3.8, 4) is 0 Å². The lowest BCUT2D eigenvalue weighted by atomic mass is 9.44. The molecule has 0 radical (unpaired) electrons. The second-order valence-corrected chi connectivity index (χ2v) is 20.1. The Morgan fingerprint density at radius 1 is 0.895 bits per heavy atom. The number of benzene rings is 1. The van der Waals surface area contributed by atoms with Crippen LogP contribution in [0.15, 0.2) is 29.2 Å². The van der Waals surface area contributed by atoms with Crippen molar-refractivity contribution in [3.05, 3.63) is 29.8 Å². The van der Waals surface area contributed by atoms with E-state index < -0.39 is 46.4 Å². The Labute approximate surface area is 343 Å². The van der Waals surface area contributed by atoms with Crippen molar-refractivity contribution in [2.24, 2.45) is 34.0 Å². The number of hydrogen-bond acceptors (Lipinski definition) is 11. The molecule has 3 amide bonds. The number of nitrogens with one attached hydrogen (secondary N) is 4. The minimum absolute atomic E-state index is 0.0652. The van der Waals surface area contributed by atoms with Gasteiger partial charge in [0.25, 0.3) is 0 Å². The first-order chi connectivity index (χ1) is 26.5. The highest BCUT2D eigenvalue weighted by atomic mass is 32.2. The van der Waals surface area contributed by atoms with Crippen molar-refractivity contribution in [1.29, 1.82) is 0 Å². The standard InChI is InChI=1S/C43H68N4O9S/c1-27-16-18-43-19-17-31(48)35(43)42(27,10)32(22-41(9,36(51)28(43)2)26-44-20-11-21-45-37(52)55-39(3,4)5)54-34(50)25-57-30-14-12-29(13-15-30)23-46-33(49)24-47-38(53)56-40(6,7)8/h12-15,27-28,32,35-36,44,51H,11,16-26H2,1-10H3,(H,45,52)(H,46,49)(H,47,53)/t27-,28+,32-,35+,36+,41-,42+,43+/m1/s1. The number of hydrogen-bond donors (Lipinski definition) is 5. The molecule has 3 aliphatic rings. The minimum atomic E-state index is -0.739. The van der Waals surface area contributed by atoms with Crippen LogP contribution in [0.2, 0.25) is 0 Å². The summed E-state index contributed by atoms with van der Waals surface area (Å²) in [6.07, 6.45) is 1.57. The van der Waals surface area contributed by atoms with Gasteiger partial charge in [0.2, 0.25) is 5.91 Å². The molecule has 320 valence electrons. The van der Waals surface area contributed by atoms with Gasteiger partial charge < -0.3 is 40.6 Å². The number of ketones is 1. The molecule has 57 heavy (non-hydrogen) atoms. The maximum atomic E-state index is 13.9. The molecule has 0 aliphatic heterocycles. The monoisotopic (exact) mass is 816 g/mol. The highest BCUT2D eigenvalue weighted by Gasteiger charge is 2.68. The van der Waals surface area contributed by atoms with E-state index in [1.165, 1.54) is 11.8 Å². The zero-order valence-electron chi connectivity index (χ0n) is 35.8. The third kappa shape index (κ3) is 11.9. The summed E-state index contributed by atoms with van der Waals surface area (Å²) in [6, 6.07) is 7.50. The Kier molecular flexibility index (Phi) is 15.2. The van der Waals surface area contributed by atoms with Gasteiger partial charge in [-0.15, -0.1) is 11.8 Å². The second kappa shape index (κ2) is 18.7. The van der Waals surface area contributed by atoms with Crippen LogP contribution in [0.25, 0.3) is 0 Å². The van der Waals surface area contributed by atoms with Gasteiger partial charge >= 0.3 is 18.2 Å². The molecule has 4 rings (SSSR count). The van der Waals surface area contributed by atoms with Crippen LogP contribution in [0.1, 0.15) is 113 Å². The Bertz CT molecular complexity index is 1590. The molecule has 0 unspecified atom stereocenters. The summed E-state index contributed by atoms with van der Waals surface area (Å²) in [6.45, 7) is 20.8. The zero-order chi connectivity index (χ0) is 42.4. The first-order valence-electron chi connectivity index (χ1n) is 20.5. The molecule has 3 saturated carbocycles. The number of aliphatic hydroxyl groups excluding tert-OH is 1. The molecule has 1 aromatic carbocycles. The van der Waals surface area contributed by atoms with Crippen LogP contribution in [-0.4, -0.2) is 90.3 Å². The average molecular weight is 817 g/mol. The first kappa shape index (κ1) is 46.3. The van der Waals surface area contributed by atoms with Gasteiger partial charge in [0.15, 0.2) is 0 Å². The highest BCUT2D eigenvalue weighted by Crippen LogP contribution is 2.67. The Morgan fingerprint density at radius 3 is 2.16 bits per heavy atom. The summed E-state index contributed by atoms with van der Waals surface area (Å²) in [7, 11) is 0. The van der Waals surface area contributed by atoms with Crippen LogP contribution < -0.4 is 21.3 Å². The van der Waals surface area contributed by atoms with E-state index in [1.807, 2.05) is 45.0 Å². The van der Waals surface area contributed by atoms with E-state index in [2.05, 4.69) is 49.0 Å². The maximum Gasteiger partial charge on any atom is 0.408 e. The third-order valence-electron chi connectivity index (χ3n) is 12.5. The number of carbonyl (C=O) groups excluding carboxylic acids is 5. The van der Waals surface area contributed by atoms with Crippen LogP contribution in [0.3, 0.4) is 0 Å². The van der Waals surface area contributed by atoms with Gasteiger partial charge in [0.1, 0.15) is 29.6 Å². The summed E-state index contributed by atoms with van der Waals surface area (Å²) in [4.78, 5) is 64.7. The van der Waals surface area contributed by atoms with Gasteiger partial charge in [-0.1, -0.05) is 39.8 Å². The van der Waals surface area contributed by atoms with Gasteiger partial charge in [-0.3, -0.25) is 14.4 Å². The van der Waals surface area contributed by atoms with Gasteiger partial charge in [0.05, 0.1) is 11.9 Å². The van der Waals surface area contributed by atoms with Crippen molar-refractivity contribution in [1.82, 2.24) is 21.3 Å². The fourth-order valence-corrected chi connectivity index (χ4v) is 10.1. The highest BCUT2D eigenvalue weighted by molar-refractivity contribution is 8.00. The lowest BCUT2D eigenvalue weighted by Crippen LogP contribution is -2.64. The van der Waals surface area contributed by atoms with Crippen LogP contribution >= 0.6 is 11.8 Å². The number of alkyl carbamates (subject to hydrolysis) is 2. The van der Waals surface area contributed by atoms with E-state index in [-0.39, 0.29) is 59.7 Å². The number of Topliss-reactive ketones (excluding diaryl/α,β-unsaturated/α-hetero) is 1. The number of esters is 1. The molecule has 13 nitrogen and oxygen atoms in total. The topological polar surface area (TPSA) is 181 Å². The molecule has 0 spiro atoms. The summed E-state index contributed by atoms with van der Waals surface area (Å²) in [5.41, 5.74) is -2.02. The molecule has 1 aromatic rings. The fourth-order valence-electron chi connectivity index (χ4n) is 9.39. The summed E-state index contributed by atoms with van der Waals surface area (Å²) in [5, 5.41) is 23.8. The quantitative estimate of drug-likeness (QED) is 0.0630. The van der Waals surface area contributed by atoms with Crippen molar-refractivity contribution in [2.75, 3.05) is 31.9 Å². The van der Waals surface area contributed by atoms with E-state index >= 15 is 0 Å². The summed E-state index contributed by atoms with van der Waals surface area (Å²) in [5.74, 6) is -0.748. The number of amides is 3. The van der Waals surface area contributed by atoms with E-state index in [1.54, 1.807) is 20.8 Å². The van der Waals surface area contributed by atoms with Crippen LogP contribution in [0.4, 0.5) is 9.59 Å². The third-order valence-corrected chi connectivity index (χ3v) is 13.4. The van der Waals surface area contributed by atoms with Crippen molar-refractivity contribution in [3.63, 3.8) is 0 Å². The van der Waals surface area contributed by atoms with Gasteiger partial charge in [-0.2, -0.15) is 0 Å². The van der Waals surface area contributed by atoms with Crippen LogP contribution in [0, 0.1) is 34.0 Å². The van der Waals surface area contributed by atoms with E-state index in [0.717, 1.165) is 29.7 Å². The number of aliphatic hydroxyl groups is 1. The normalized spacial score (nSPS) is 29.9. The van der Waals surface area contributed by atoms with E-state index in [0.29, 0.717) is 38.9 Å². The minimum Gasteiger partial charge on any atom is -0.461 e. The lowest BCUT2D eigenvalue weighted by molar-refractivity contribution is -0.210. The smallest absolute Gasteiger partial charge is 0.408 e. The molecular weight excluding hydrogens is 749 g/mol. The van der Waals surface area contributed by atoms with E-state index in [9.17, 15) is 29.1 Å². The van der Waals surface area contributed by atoms with Crippen molar-refractivity contribution >= 4 is 41.6 Å². The second-order valence-electron chi connectivity index (χ2n) is 19.0. The fraction of sp³-hybridized carbons (Fsp3) is 0.744. The number of rotatable bonds is 14. The summed E-state index contributed by atoms with van der Waals surface area (Å²) < 4.78 is 17.0. The number of ether oxygens (including phenoxy) is 3. The SMILES string of the molecule is C[C@@H]1CC[C@@]23CCC(=O)[C@H]2[C@]1(C)[C@H](OC(=O)CSc1ccc(CNC(=O)CNC(=O)OC(C)(C)C)cc1)C[C@](C)(CNCCCNC(=O)OC(C)(C)C)[C@@H](O)[C@@H]3C. The van der Waals surface area contributed by atoms with E-state index in [4.69, 9.17) is 14.2 Å². The molecule has 8 atom stereocenters. The average Bonchev–Trinajstić information content (AvgIpc) is 3.47. The molecule has 3 aliphatic carbocycles. The Balaban J connectivity index is 1.40. The Hall–Kier alpha value is -3.36. The van der Waals surface area contributed by atoms with Crippen molar-refractivity contribution in [2.45, 2.75) is 143 Å². The van der Waals surface area contributed by atoms with Crippen molar-refractivity contribution < 1.29 is 43.3 Å². The van der Waals surface area contributed by atoms with Crippen LogP contribution in [-0.2, 0) is 35.1 Å². The Morgan fingerprint density at radius 2 is 1.53 bits per heavy atom. The predicted molar refractivity (Wildman–Crippen MR) is 219 cm³/mol. The molecule has 0 aromatic heterocycles. The molecule has 0 saturated heterocycles. The molecule has 5 N–H and O–H groups in total. The zero-order valence-corrected chi connectivity index (χ0v) is 36.6. The van der Waals surface area contributed by atoms with Gasteiger partial charge in [-0.25, -0.2) is 9.59 Å². The van der Waals surface area contributed by atoms with Gasteiger partial charge in [-0.05, 0) is 115 Å². The maximum absolute atomic E-state index is 13.9. The predicted octanol–water partition coefficient (Wildman–Crippen LogP) is 6.14. The lowest BCUT2D eigenvalue weighted by Gasteiger charge is -2.62. The molecule has 14 heteroatoms. The van der Waals surface area contributed by atoms with Gasteiger partial charge in [0, 0.05) is 47.7 Å². The number of carbonyl (C=O) groups is 5. The molecular formula is C43H68N4O9S.